The van der Waals surface area contributed by atoms with Gasteiger partial charge in [0.25, 0.3) is 0 Å². The third-order valence-electron chi connectivity index (χ3n) is 3.48. The lowest BCUT2D eigenvalue weighted by Gasteiger charge is -2.05. The normalized spacial score (nSPS) is 10.9. The molecule has 95 valence electrons. The average Bonchev–Trinajstić information content (AvgIpc) is 2.43. The number of nitrogens with zero attached hydrogens (tertiary/aromatic N) is 1. The van der Waals surface area contributed by atoms with Gasteiger partial charge in [0, 0.05) is 5.39 Å². The van der Waals surface area contributed by atoms with Crippen LogP contribution in [0.1, 0.15) is 51.0 Å². The molecule has 0 bridgehead atoms. The van der Waals surface area contributed by atoms with E-state index >= 15 is 0 Å². The minimum atomic E-state index is 1.07. The summed E-state index contributed by atoms with van der Waals surface area (Å²) < 4.78 is 0. The van der Waals surface area contributed by atoms with Gasteiger partial charge >= 0.3 is 0 Å². The summed E-state index contributed by atoms with van der Waals surface area (Å²) in [5.41, 5.74) is 2.51. The van der Waals surface area contributed by atoms with E-state index in [1.165, 1.54) is 55.9 Å². The van der Waals surface area contributed by atoms with Gasteiger partial charge in [-0.05, 0) is 30.5 Å². The van der Waals surface area contributed by atoms with E-state index in [4.69, 9.17) is 0 Å². The summed E-state index contributed by atoms with van der Waals surface area (Å²) in [4.78, 5) is 4.29. The van der Waals surface area contributed by atoms with Crippen molar-refractivity contribution in [2.75, 3.05) is 0 Å². The summed E-state index contributed by atoms with van der Waals surface area (Å²) >= 11 is 0. The molecule has 0 saturated heterocycles. The Hall–Kier alpha value is -1.37. The van der Waals surface area contributed by atoms with Crippen LogP contribution in [0.5, 0.6) is 0 Å². The Morgan fingerprint density at radius 3 is 2.72 bits per heavy atom. The van der Waals surface area contributed by atoms with Crippen molar-refractivity contribution in [3.63, 3.8) is 0 Å². The van der Waals surface area contributed by atoms with Crippen LogP contribution in [0.2, 0.25) is 0 Å². The maximum Gasteiger partial charge on any atom is 0.0894 e. The average molecular weight is 240 g/mol. The van der Waals surface area contributed by atoms with E-state index in [9.17, 15) is 0 Å². The Labute approximate surface area is 110 Å². The summed E-state index contributed by atoms with van der Waals surface area (Å²) in [7, 11) is 0. The van der Waals surface area contributed by atoms with Crippen molar-refractivity contribution >= 4 is 10.9 Å². The zero-order valence-corrected chi connectivity index (χ0v) is 11.3. The van der Waals surface area contributed by atoms with Gasteiger partial charge in [-0.15, -0.1) is 0 Å². The number of pyridine rings is 1. The monoisotopic (exact) mass is 240 g/mol. The molecule has 0 N–H and O–H groups in total. The summed E-state index contributed by atoms with van der Waals surface area (Å²) in [5.74, 6) is 0. The molecule has 2 aromatic rings. The molecule has 0 spiro atoms. The van der Waals surface area contributed by atoms with Crippen LogP contribution in [0, 0.1) is 6.20 Å². The van der Waals surface area contributed by atoms with Gasteiger partial charge in [0.2, 0.25) is 0 Å². The molecule has 0 unspecified atom stereocenters. The molecule has 0 aliphatic heterocycles. The minimum absolute atomic E-state index is 1.07. The number of aryl methyl sites for hydroxylation is 1. The van der Waals surface area contributed by atoms with Crippen LogP contribution in [-0.2, 0) is 6.42 Å². The zero-order valence-electron chi connectivity index (χ0n) is 11.3. The van der Waals surface area contributed by atoms with E-state index in [0.717, 1.165) is 5.52 Å². The van der Waals surface area contributed by atoms with Crippen LogP contribution in [0.3, 0.4) is 0 Å². The Morgan fingerprint density at radius 1 is 1.00 bits per heavy atom. The van der Waals surface area contributed by atoms with Gasteiger partial charge in [-0.3, -0.25) is 0 Å². The fraction of sp³-hybridized carbons (Fsp3) is 0.471. The molecule has 2 rings (SSSR count). The lowest BCUT2D eigenvalue weighted by atomic mass is 10.0. The van der Waals surface area contributed by atoms with Gasteiger partial charge in [0.1, 0.15) is 0 Å². The zero-order chi connectivity index (χ0) is 12.6. The molecular weight excluding hydrogens is 218 g/mol. The van der Waals surface area contributed by atoms with Crippen molar-refractivity contribution in [3.05, 3.63) is 42.1 Å². The molecule has 0 atom stereocenters. The molecule has 1 nitrogen and oxygen atoms in total. The Morgan fingerprint density at radius 2 is 1.83 bits per heavy atom. The molecular formula is C17H22N. The first-order valence-electron chi connectivity index (χ1n) is 7.16. The molecule has 0 saturated carbocycles. The van der Waals surface area contributed by atoms with Gasteiger partial charge in [-0.25, -0.2) is 4.98 Å². The van der Waals surface area contributed by atoms with Crippen molar-refractivity contribution < 1.29 is 0 Å². The predicted octanol–water partition coefficient (Wildman–Crippen LogP) is 4.94. The van der Waals surface area contributed by atoms with Crippen LogP contribution in [0.15, 0.2) is 30.3 Å². The lowest BCUT2D eigenvalue weighted by Crippen LogP contribution is -1.89. The summed E-state index contributed by atoms with van der Waals surface area (Å²) in [6, 6.07) is 10.4. The highest BCUT2D eigenvalue weighted by Crippen LogP contribution is 2.18. The minimum Gasteiger partial charge on any atom is -0.246 e. The molecule has 18 heavy (non-hydrogen) atoms. The number of unbranched alkanes of at least 4 members (excludes halogenated alkanes) is 5. The van der Waals surface area contributed by atoms with Crippen molar-refractivity contribution in [2.45, 2.75) is 51.9 Å². The number of hydrogen-bond donors (Lipinski definition) is 0. The largest absolute Gasteiger partial charge is 0.246 e. The standard InChI is InChI=1S/C17H22N/c1-2-3-4-5-6-7-10-15-11-8-13-17-16(15)12-9-14-18-17/h8-9,11-13H,2-7,10H2,1H3. The SMILES string of the molecule is CCCCCCCCc1cccc2n[c]ccc12. The molecule has 1 heterocycles. The second-order valence-electron chi connectivity index (χ2n) is 4.94. The maximum atomic E-state index is 4.29. The predicted molar refractivity (Wildman–Crippen MR) is 77.7 cm³/mol. The van der Waals surface area contributed by atoms with Crippen molar-refractivity contribution in [2.24, 2.45) is 0 Å². The fourth-order valence-electron chi connectivity index (χ4n) is 2.43. The highest BCUT2D eigenvalue weighted by atomic mass is 14.6. The Bertz CT molecular complexity index is 470. The highest BCUT2D eigenvalue weighted by molar-refractivity contribution is 5.81. The Balaban J connectivity index is 1.88. The van der Waals surface area contributed by atoms with E-state index in [-0.39, 0.29) is 0 Å². The third kappa shape index (κ3) is 3.56. The molecule has 0 aliphatic carbocycles. The number of benzene rings is 1. The van der Waals surface area contributed by atoms with E-state index in [0.29, 0.717) is 0 Å². The van der Waals surface area contributed by atoms with Crippen LogP contribution < -0.4 is 0 Å². The van der Waals surface area contributed by atoms with E-state index in [2.05, 4.69) is 42.4 Å². The van der Waals surface area contributed by atoms with Crippen LogP contribution in [0.4, 0.5) is 0 Å². The van der Waals surface area contributed by atoms with Crippen LogP contribution >= 0.6 is 0 Å². The van der Waals surface area contributed by atoms with Gasteiger partial charge in [0.15, 0.2) is 0 Å². The number of rotatable bonds is 7. The molecule has 0 amide bonds. The van der Waals surface area contributed by atoms with E-state index in [1.54, 1.807) is 0 Å². The van der Waals surface area contributed by atoms with E-state index in [1.807, 2.05) is 6.07 Å². The first-order chi connectivity index (χ1) is 8.92. The van der Waals surface area contributed by atoms with Gasteiger partial charge in [0.05, 0.1) is 11.7 Å². The summed E-state index contributed by atoms with van der Waals surface area (Å²) in [6.07, 6.45) is 12.2. The molecule has 1 radical (unpaired) electrons. The van der Waals surface area contributed by atoms with Crippen LogP contribution in [-0.4, -0.2) is 4.98 Å². The van der Waals surface area contributed by atoms with Gasteiger partial charge < -0.3 is 0 Å². The first-order valence-corrected chi connectivity index (χ1v) is 7.16. The lowest BCUT2D eigenvalue weighted by molar-refractivity contribution is 0.608. The van der Waals surface area contributed by atoms with Crippen molar-refractivity contribution in [1.29, 1.82) is 0 Å². The van der Waals surface area contributed by atoms with Crippen molar-refractivity contribution in [3.8, 4) is 0 Å². The third-order valence-corrected chi connectivity index (χ3v) is 3.48. The van der Waals surface area contributed by atoms with Gasteiger partial charge in [-0.1, -0.05) is 57.2 Å². The smallest absolute Gasteiger partial charge is 0.0894 e. The van der Waals surface area contributed by atoms with Gasteiger partial charge in [-0.2, -0.15) is 0 Å². The molecule has 0 aliphatic rings. The molecule has 1 aromatic carbocycles. The quantitative estimate of drug-likeness (QED) is 0.625. The second-order valence-corrected chi connectivity index (χ2v) is 4.94. The molecule has 1 aromatic heterocycles. The topological polar surface area (TPSA) is 12.9 Å². The molecule has 0 fully saturated rings. The van der Waals surface area contributed by atoms with E-state index < -0.39 is 0 Å². The Kier molecular flexibility index (Phi) is 5.19. The number of fused-ring (bicyclic) bond motifs is 1. The number of aromatic nitrogens is 1. The highest BCUT2D eigenvalue weighted by Gasteiger charge is 2.00. The summed E-state index contributed by atoms with van der Waals surface area (Å²) in [5, 5.41) is 1.30. The summed E-state index contributed by atoms with van der Waals surface area (Å²) in [6.45, 7) is 2.26. The maximum absolute atomic E-state index is 4.29. The first kappa shape index (κ1) is 13.1. The van der Waals surface area contributed by atoms with Crippen molar-refractivity contribution in [1.82, 2.24) is 4.98 Å². The molecule has 1 heteroatoms. The number of hydrogen-bond acceptors (Lipinski definition) is 1. The van der Waals surface area contributed by atoms with Crippen LogP contribution in [0.25, 0.3) is 10.9 Å². The fourth-order valence-corrected chi connectivity index (χ4v) is 2.43. The second kappa shape index (κ2) is 7.15.